The summed E-state index contributed by atoms with van der Waals surface area (Å²) in [7, 11) is 3.98. The van der Waals surface area contributed by atoms with E-state index in [1.807, 2.05) is 32.3 Å². The molecule has 0 spiro atoms. The van der Waals surface area contributed by atoms with Crippen molar-refractivity contribution in [3.63, 3.8) is 0 Å². The highest BCUT2D eigenvalue weighted by Crippen LogP contribution is 2.16. The predicted octanol–water partition coefficient (Wildman–Crippen LogP) is 1.76. The quantitative estimate of drug-likeness (QED) is 0.741. The minimum absolute atomic E-state index is 0.0442. The zero-order chi connectivity index (χ0) is 16.5. The Morgan fingerprint density at radius 2 is 1.91 bits per heavy atom. The van der Waals surface area contributed by atoms with Crippen LogP contribution in [-0.2, 0) is 16.1 Å². The van der Waals surface area contributed by atoms with Crippen molar-refractivity contribution in [1.82, 2.24) is 15.1 Å². The van der Waals surface area contributed by atoms with Gasteiger partial charge in [0.1, 0.15) is 0 Å². The van der Waals surface area contributed by atoms with Crippen LogP contribution in [0.5, 0.6) is 0 Å². The molecule has 122 valence electrons. The Hall–Kier alpha value is -1.59. The summed E-state index contributed by atoms with van der Waals surface area (Å²) < 4.78 is 0. The molecule has 22 heavy (non-hydrogen) atoms. The van der Waals surface area contributed by atoms with Crippen molar-refractivity contribution in [3.8, 4) is 0 Å². The lowest BCUT2D eigenvalue weighted by atomic mass is 10.2. The number of benzene rings is 1. The number of amides is 2. The molecular weight excluding hydrogens is 302 g/mol. The summed E-state index contributed by atoms with van der Waals surface area (Å²) in [5.41, 5.74) is 0.833. The smallest absolute Gasteiger partial charge is 0.239 e. The Kier molecular flexibility index (Phi) is 7.91. The van der Waals surface area contributed by atoms with E-state index < -0.39 is 0 Å². The molecule has 0 atom stereocenters. The molecule has 0 bridgehead atoms. The van der Waals surface area contributed by atoms with E-state index in [4.69, 9.17) is 11.6 Å². The standard InChI is InChI=1S/C16H24ClN3O2/c1-13(21)20(11-14-7-4-5-8-15(14)17)12-16(22)18-9-6-10-19(2)3/h4-5,7-8H,6,9-12H2,1-3H3,(H,18,22). The molecule has 2 amide bonds. The van der Waals surface area contributed by atoms with E-state index in [9.17, 15) is 9.59 Å². The minimum atomic E-state index is -0.152. The molecule has 0 saturated carbocycles. The molecule has 0 aliphatic carbocycles. The normalized spacial score (nSPS) is 10.6. The fourth-order valence-electron chi connectivity index (χ4n) is 1.96. The number of nitrogens with one attached hydrogen (secondary N) is 1. The molecule has 0 aromatic heterocycles. The molecule has 0 unspecified atom stereocenters. The molecule has 0 aliphatic heterocycles. The van der Waals surface area contributed by atoms with E-state index in [0.29, 0.717) is 18.1 Å². The van der Waals surface area contributed by atoms with Crippen molar-refractivity contribution in [1.29, 1.82) is 0 Å². The van der Waals surface area contributed by atoms with Crippen LogP contribution in [0.15, 0.2) is 24.3 Å². The first-order chi connectivity index (χ1) is 10.4. The van der Waals surface area contributed by atoms with Crippen LogP contribution in [0.2, 0.25) is 5.02 Å². The average molecular weight is 326 g/mol. The summed E-state index contributed by atoms with van der Waals surface area (Å²) in [6.45, 7) is 3.35. The third kappa shape index (κ3) is 6.91. The highest BCUT2D eigenvalue weighted by Gasteiger charge is 2.15. The Morgan fingerprint density at radius 1 is 1.23 bits per heavy atom. The maximum Gasteiger partial charge on any atom is 0.239 e. The average Bonchev–Trinajstić information content (AvgIpc) is 2.45. The van der Waals surface area contributed by atoms with Crippen LogP contribution in [0.4, 0.5) is 0 Å². The van der Waals surface area contributed by atoms with Crippen LogP contribution < -0.4 is 5.32 Å². The van der Waals surface area contributed by atoms with E-state index >= 15 is 0 Å². The Bertz CT molecular complexity index is 506. The maximum atomic E-state index is 11.9. The minimum Gasteiger partial charge on any atom is -0.355 e. The van der Waals surface area contributed by atoms with Gasteiger partial charge in [-0.25, -0.2) is 0 Å². The van der Waals surface area contributed by atoms with Gasteiger partial charge in [0.2, 0.25) is 11.8 Å². The predicted molar refractivity (Wildman–Crippen MR) is 88.7 cm³/mol. The van der Waals surface area contributed by atoms with Crippen LogP contribution in [-0.4, -0.2) is 55.3 Å². The van der Waals surface area contributed by atoms with Gasteiger partial charge in [-0.2, -0.15) is 0 Å². The van der Waals surface area contributed by atoms with Gasteiger partial charge in [-0.15, -0.1) is 0 Å². The van der Waals surface area contributed by atoms with Crippen molar-refractivity contribution < 1.29 is 9.59 Å². The third-order valence-corrected chi connectivity index (χ3v) is 3.57. The van der Waals surface area contributed by atoms with Gasteiger partial charge in [0, 0.05) is 25.0 Å². The summed E-state index contributed by atoms with van der Waals surface area (Å²) in [5.74, 6) is -0.302. The largest absolute Gasteiger partial charge is 0.355 e. The van der Waals surface area contributed by atoms with Gasteiger partial charge < -0.3 is 15.1 Å². The highest BCUT2D eigenvalue weighted by molar-refractivity contribution is 6.31. The number of halogens is 1. The van der Waals surface area contributed by atoms with Crippen molar-refractivity contribution in [3.05, 3.63) is 34.9 Å². The topological polar surface area (TPSA) is 52.7 Å². The van der Waals surface area contributed by atoms with Crippen molar-refractivity contribution in [2.75, 3.05) is 33.7 Å². The van der Waals surface area contributed by atoms with Crippen molar-refractivity contribution in [2.24, 2.45) is 0 Å². The van der Waals surface area contributed by atoms with E-state index in [1.54, 1.807) is 6.07 Å². The lowest BCUT2D eigenvalue weighted by molar-refractivity contribution is -0.134. The maximum absolute atomic E-state index is 11.9. The fourth-order valence-corrected chi connectivity index (χ4v) is 2.16. The third-order valence-electron chi connectivity index (χ3n) is 3.20. The molecule has 5 nitrogen and oxygen atoms in total. The van der Waals surface area contributed by atoms with Crippen LogP contribution in [0.25, 0.3) is 0 Å². The Balaban J connectivity index is 2.49. The molecule has 1 N–H and O–H groups in total. The number of carbonyl (C=O) groups is 2. The van der Waals surface area contributed by atoms with Gasteiger partial charge in [0.25, 0.3) is 0 Å². The number of hydrogen-bond donors (Lipinski definition) is 1. The van der Waals surface area contributed by atoms with Gasteiger partial charge in [0.05, 0.1) is 6.54 Å². The second-order valence-corrected chi connectivity index (χ2v) is 5.88. The summed E-state index contributed by atoms with van der Waals surface area (Å²) in [4.78, 5) is 27.2. The molecular formula is C16H24ClN3O2. The van der Waals surface area contributed by atoms with Crippen LogP contribution in [0.3, 0.4) is 0 Å². The summed E-state index contributed by atoms with van der Waals surface area (Å²) in [5, 5.41) is 3.43. The number of nitrogens with zero attached hydrogens (tertiary/aromatic N) is 2. The lowest BCUT2D eigenvalue weighted by Crippen LogP contribution is -2.40. The molecule has 1 aromatic carbocycles. The number of hydrogen-bond acceptors (Lipinski definition) is 3. The van der Waals surface area contributed by atoms with Gasteiger partial charge >= 0.3 is 0 Å². The van der Waals surface area contributed by atoms with Crippen LogP contribution >= 0.6 is 11.6 Å². The van der Waals surface area contributed by atoms with Gasteiger partial charge in [-0.1, -0.05) is 29.8 Å². The van der Waals surface area contributed by atoms with Gasteiger partial charge in [0.15, 0.2) is 0 Å². The second kappa shape index (κ2) is 9.43. The van der Waals surface area contributed by atoms with E-state index in [2.05, 4.69) is 10.2 Å². The van der Waals surface area contributed by atoms with Crippen LogP contribution in [0.1, 0.15) is 18.9 Å². The Labute approximate surface area is 137 Å². The van der Waals surface area contributed by atoms with E-state index in [1.165, 1.54) is 11.8 Å². The molecule has 0 aliphatic rings. The molecule has 0 saturated heterocycles. The van der Waals surface area contributed by atoms with Crippen LogP contribution in [0, 0.1) is 0 Å². The first kappa shape index (κ1) is 18.5. The van der Waals surface area contributed by atoms with Crippen molar-refractivity contribution >= 4 is 23.4 Å². The van der Waals surface area contributed by atoms with Crippen molar-refractivity contribution in [2.45, 2.75) is 19.9 Å². The summed E-state index contributed by atoms with van der Waals surface area (Å²) >= 11 is 6.10. The first-order valence-electron chi connectivity index (χ1n) is 7.30. The highest BCUT2D eigenvalue weighted by atomic mass is 35.5. The molecule has 6 heteroatoms. The fraction of sp³-hybridized carbons (Fsp3) is 0.500. The molecule has 0 radical (unpaired) electrons. The first-order valence-corrected chi connectivity index (χ1v) is 7.68. The molecule has 1 rings (SSSR count). The number of rotatable bonds is 8. The monoisotopic (exact) mass is 325 g/mol. The summed E-state index contributed by atoms with van der Waals surface area (Å²) in [6.07, 6.45) is 0.878. The molecule has 1 aromatic rings. The molecule has 0 heterocycles. The zero-order valence-electron chi connectivity index (χ0n) is 13.4. The van der Waals surface area contributed by atoms with E-state index in [-0.39, 0.29) is 18.4 Å². The lowest BCUT2D eigenvalue weighted by Gasteiger charge is -2.21. The van der Waals surface area contributed by atoms with Gasteiger partial charge in [-0.05, 0) is 38.7 Å². The second-order valence-electron chi connectivity index (χ2n) is 5.47. The summed E-state index contributed by atoms with van der Waals surface area (Å²) in [6, 6.07) is 7.33. The SMILES string of the molecule is CC(=O)N(CC(=O)NCCCN(C)C)Cc1ccccc1Cl. The zero-order valence-corrected chi connectivity index (χ0v) is 14.2. The van der Waals surface area contributed by atoms with Gasteiger partial charge in [-0.3, -0.25) is 9.59 Å². The number of carbonyl (C=O) groups excluding carboxylic acids is 2. The molecule has 0 fully saturated rings. The van der Waals surface area contributed by atoms with E-state index in [0.717, 1.165) is 18.5 Å². The Morgan fingerprint density at radius 3 is 2.50 bits per heavy atom.